The van der Waals surface area contributed by atoms with E-state index >= 15 is 0 Å². The molecule has 0 saturated heterocycles. The van der Waals surface area contributed by atoms with E-state index < -0.39 is 0 Å². The number of alkyl halides is 1. The van der Waals surface area contributed by atoms with E-state index in [1.165, 1.54) is 0 Å². The first-order valence-corrected chi connectivity index (χ1v) is 8.93. The van der Waals surface area contributed by atoms with Gasteiger partial charge in [-0.15, -0.1) is 0 Å². The number of amides is 1. The summed E-state index contributed by atoms with van der Waals surface area (Å²) in [7, 11) is 0. The minimum absolute atomic E-state index is 0.0683. The van der Waals surface area contributed by atoms with Crippen molar-refractivity contribution in [2.45, 2.75) is 38.5 Å². The Hall–Kier alpha value is -1.03. The van der Waals surface area contributed by atoms with Crippen LogP contribution in [0.15, 0.2) is 24.3 Å². The standard InChI is InChI=1S/C17H24BrNO2/c1-2-5-13(8-10-18)12-19-17(20)15-9-11-21-16-7-4-3-6-14(15)16/h3-4,6-7,13,15H,2,5,8-12H2,1H3,(H,19,20). The zero-order valence-corrected chi connectivity index (χ0v) is 14.2. The highest BCUT2D eigenvalue weighted by Gasteiger charge is 2.27. The molecule has 2 unspecified atom stereocenters. The number of halogens is 1. The summed E-state index contributed by atoms with van der Waals surface area (Å²) in [4.78, 5) is 12.5. The number of carbonyl (C=O) groups excluding carboxylic acids is 1. The summed E-state index contributed by atoms with van der Waals surface area (Å²) in [5.41, 5.74) is 1.02. The molecule has 0 fully saturated rings. The molecule has 0 aromatic heterocycles. The molecule has 0 radical (unpaired) electrons. The topological polar surface area (TPSA) is 38.3 Å². The summed E-state index contributed by atoms with van der Waals surface area (Å²) in [6.07, 6.45) is 4.20. The first-order valence-electron chi connectivity index (χ1n) is 7.81. The van der Waals surface area contributed by atoms with Crippen molar-refractivity contribution in [3.63, 3.8) is 0 Å². The van der Waals surface area contributed by atoms with Crippen LogP contribution >= 0.6 is 15.9 Å². The summed E-state index contributed by atoms with van der Waals surface area (Å²) < 4.78 is 5.62. The van der Waals surface area contributed by atoms with E-state index in [1.54, 1.807) is 0 Å². The number of fused-ring (bicyclic) bond motifs is 1. The van der Waals surface area contributed by atoms with E-state index in [-0.39, 0.29) is 11.8 Å². The molecule has 1 aliphatic rings. The number of benzene rings is 1. The Bertz CT molecular complexity index is 458. The molecule has 1 aliphatic heterocycles. The largest absolute Gasteiger partial charge is 0.493 e. The molecule has 0 aliphatic carbocycles. The van der Waals surface area contributed by atoms with Crippen molar-refractivity contribution in [3.05, 3.63) is 29.8 Å². The lowest BCUT2D eigenvalue weighted by Gasteiger charge is -2.26. The smallest absolute Gasteiger partial charge is 0.227 e. The Kier molecular flexibility index (Phi) is 6.55. The summed E-state index contributed by atoms with van der Waals surface area (Å²) >= 11 is 3.50. The Morgan fingerprint density at radius 1 is 1.43 bits per heavy atom. The summed E-state index contributed by atoms with van der Waals surface area (Å²) in [5, 5.41) is 4.14. The lowest BCUT2D eigenvalue weighted by molar-refractivity contribution is -0.123. The minimum atomic E-state index is -0.0683. The van der Waals surface area contributed by atoms with Crippen molar-refractivity contribution < 1.29 is 9.53 Å². The van der Waals surface area contributed by atoms with Gasteiger partial charge in [-0.05, 0) is 31.2 Å². The summed E-state index contributed by atoms with van der Waals surface area (Å²) in [6.45, 7) is 3.59. The van der Waals surface area contributed by atoms with E-state index in [1.807, 2.05) is 24.3 Å². The Morgan fingerprint density at radius 2 is 2.24 bits per heavy atom. The first kappa shape index (κ1) is 16.3. The third kappa shape index (κ3) is 4.47. The predicted octanol–water partition coefficient (Wildman–Crippen LogP) is 3.87. The third-order valence-corrected chi connectivity index (χ3v) is 4.51. The van der Waals surface area contributed by atoms with Crippen molar-refractivity contribution in [1.29, 1.82) is 0 Å². The van der Waals surface area contributed by atoms with Crippen LogP contribution in [0.3, 0.4) is 0 Å². The van der Waals surface area contributed by atoms with E-state index in [0.29, 0.717) is 12.5 Å². The number of carbonyl (C=O) groups is 1. The molecule has 1 aromatic rings. The van der Waals surface area contributed by atoms with E-state index in [4.69, 9.17) is 4.74 Å². The lowest BCUT2D eigenvalue weighted by Crippen LogP contribution is -2.35. The van der Waals surface area contributed by atoms with Gasteiger partial charge >= 0.3 is 0 Å². The SMILES string of the molecule is CCCC(CCBr)CNC(=O)C1CCOc2ccccc21. The molecule has 4 heteroatoms. The maximum Gasteiger partial charge on any atom is 0.227 e. The van der Waals surface area contributed by atoms with Crippen molar-refractivity contribution >= 4 is 21.8 Å². The quantitative estimate of drug-likeness (QED) is 0.755. The summed E-state index contributed by atoms with van der Waals surface area (Å²) in [5.74, 6) is 1.49. The number of rotatable bonds is 7. The zero-order valence-electron chi connectivity index (χ0n) is 12.6. The molecule has 0 bridgehead atoms. The molecule has 3 nitrogen and oxygen atoms in total. The van der Waals surface area contributed by atoms with Crippen LogP contribution in [0.25, 0.3) is 0 Å². The Labute approximate surface area is 135 Å². The molecule has 0 spiro atoms. The van der Waals surface area contributed by atoms with Crippen LogP contribution < -0.4 is 10.1 Å². The van der Waals surface area contributed by atoms with Crippen molar-refractivity contribution in [2.24, 2.45) is 5.92 Å². The van der Waals surface area contributed by atoms with E-state index in [9.17, 15) is 4.79 Å². The second-order valence-electron chi connectivity index (χ2n) is 5.61. The van der Waals surface area contributed by atoms with Gasteiger partial charge in [0.25, 0.3) is 0 Å². The van der Waals surface area contributed by atoms with Crippen LogP contribution in [-0.4, -0.2) is 24.4 Å². The van der Waals surface area contributed by atoms with Gasteiger partial charge in [0.1, 0.15) is 5.75 Å². The highest BCUT2D eigenvalue weighted by atomic mass is 79.9. The van der Waals surface area contributed by atoms with Gasteiger partial charge in [0.05, 0.1) is 12.5 Å². The lowest BCUT2D eigenvalue weighted by atomic mass is 9.92. The predicted molar refractivity (Wildman–Crippen MR) is 89.1 cm³/mol. The van der Waals surface area contributed by atoms with Gasteiger partial charge in [-0.25, -0.2) is 0 Å². The Balaban J connectivity index is 1.95. The highest BCUT2D eigenvalue weighted by Crippen LogP contribution is 2.33. The van der Waals surface area contributed by atoms with Crippen LogP contribution in [0.1, 0.15) is 44.1 Å². The van der Waals surface area contributed by atoms with Crippen molar-refractivity contribution in [2.75, 3.05) is 18.5 Å². The van der Waals surface area contributed by atoms with Gasteiger partial charge in [-0.3, -0.25) is 4.79 Å². The number of hydrogen-bond acceptors (Lipinski definition) is 2. The number of nitrogens with one attached hydrogen (secondary N) is 1. The van der Waals surface area contributed by atoms with Crippen LogP contribution in [0, 0.1) is 5.92 Å². The van der Waals surface area contributed by atoms with Gasteiger partial charge in [-0.2, -0.15) is 0 Å². The summed E-state index contributed by atoms with van der Waals surface area (Å²) in [6, 6.07) is 7.87. The molecule has 21 heavy (non-hydrogen) atoms. The van der Waals surface area contributed by atoms with Crippen LogP contribution in [0.2, 0.25) is 0 Å². The van der Waals surface area contributed by atoms with E-state index in [0.717, 1.165) is 48.9 Å². The molecule has 2 atom stereocenters. The van der Waals surface area contributed by atoms with Crippen LogP contribution in [0.4, 0.5) is 0 Å². The molecule has 1 N–H and O–H groups in total. The highest BCUT2D eigenvalue weighted by molar-refractivity contribution is 9.09. The normalized spacial score (nSPS) is 18.5. The fourth-order valence-electron chi connectivity index (χ4n) is 2.89. The molecule has 0 saturated carbocycles. The molecular formula is C17H24BrNO2. The maximum atomic E-state index is 12.5. The molecule has 1 heterocycles. The average molecular weight is 354 g/mol. The molecular weight excluding hydrogens is 330 g/mol. The second kappa shape index (κ2) is 8.42. The van der Waals surface area contributed by atoms with E-state index in [2.05, 4.69) is 28.2 Å². The van der Waals surface area contributed by atoms with Gasteiger partial charge in [0, 0.05) is 17.4 Å². The second-order valence-corrected chi connectivity index (χ2v) is 6.40. The fourth-order valence-corrected chi connectivity index (χ4v) is 3.54. The van der Waals surface area contributed by atoms with Gasteiger partial charge in [0.15, 0.2) is 0 Å². The molecule has 1 aromatic carbocycles. The maximum absolute atomic E-state index is 12.5. The van der Waals surface area contributed by atoms with Gasteiger partial charge in [0.2, 0.25) is 5.91 Å². The number of ether oxygens (including phenoxy) is 1. The molecule has 2 rings (SSSR count). The molecule has 1 amide bonds. The zero-order chi connectivity index (χ0) is 15.1. The average Bonchev–Trinajstić information content (AvgIpc) is 2.52. The van der Waals surface area contributed by atoms with Crippen LogP contribution in [0.5, 0.6) is 5.75 Å². The van der Waals surface area contributed by atoms with Gasteiger partial charge < -0.3 is 10.1 Å². The first-order chi connectivity index (χ1) is 10.3. The third-order valence-electron chi connectivity index (χ3n) is 4.05. The van der Waals surface area contributed by atoms with Crippen LogP contribution in [-0.2, 0) is 4.79 Å². The van der Waals surface area contributed by atoms with Crippen molar-refractivity contribution in [3.8, 4) is 5.75 Å². The number of hydrogen-bond donors (Lipinski definition) is 1. The number of para-hydroxylation sites is 1. The molecule has 116 valence electrons. The van der Waals surface area contributed by atoms with Crippen molar-refractivity contribution in [1.82, 2.24) is 5.32 Å². The monoisotopic (exact) mass is 353 g/mol. The van der Waals surface area contributed by atoms with Gasteiger partial charge in [-0.1, -0.05) is 47.5 Å². The minimum Gasteiger partial charge on any atom is -0.493 e. The fraction of sp³-hybridized carbons (Fsp3) is 0.588. The Morgan fingerprint density at radius 3 is 3.00 bits per heavy atom.